The molecule has 0 aliphatic carbocycles. The Morgan fingerprint density at radius 1 is 0.680 bits per heavy atom. The Balaban J connectivity index is 0. The van der Waals surface area contributed by atoms with Crippen molar-refractivity contribution in [2.45, 2.75) is 58.9 Å². The van der Waals surface area contributed by atoms with Gasteiger partial charge in [-0.25, -0.2) is 0 Å². The van der Waals surface area contributed by atoms with Crippen LogP contribution in [0.2, 0.25) is 0 Å². The van der Waals surface area contributed by atoms with Crippen LogP contribution in [0.5, 0.6) is 0 Å². The molecule has 1 radical (unpaired) electrons. The largest absolute Gasteiger partial charge is 0.360 e. The minimum atomic E-state index is -3.71. The topological polar surface area (TPSA) is 74.3 Å². The molecule has 0 amide bonds. The van der Waals surface area contributed by atoms with E-state index in [1.54, 1.807) is 19.0 Å². The Labute approximate surface area is 175 Å². The fourth-order valence-electron chi connectivity index (χ4n) is 1.95. The molecule has 0 rings (SSSR count). The van der Waals surface area contributed by atoms with E-state index in [4.69, 9.17) is 18.1 Å². The van der Waals surface area contributed by atoms with Crippen LogP contribution in [0.4, 0.5) is 0 Å². The average Bonchev–Trinajstić information content (AvgIpc) is 2.54. The van der Waals surface area contributed by atoms with Gasteiger partial charge in [0.1, 0.15) is 0 Å². The van der Waals surface area contributed by atoms with Gasteiger partial charge < -0.3 is 18.1 Å². The zero-order valence-corrected chi connectivity index (χ0v) is 20.8. The quantitative estimate of drug-likeness (QED) is 0.290. The summed E-state index contributed by atoms with van der Waals surface area (Å²) in [6.07, 6.45) is 2.70. The fraction of sp³-hybridized carbons (Fsp3) is 1.00. The summed E-state index contributed by atoms with van der Waals surface area (Å²) < 4.78 is 49.1. The molecule has 147 valence electrons. The molecule has 0 saturated carbocycles. The van der Waals surface area contributed by atoms with Crippen LogP contribution >= 0.6 is 15.2 Å². The van der Waals surface area contributed by atoms with E-state index in [1.165, 1.54) is 0 Å². The van der Waals surface area contributed by atoms with Crippen molar-refractivity contribution in [1.29, 1.82) is 0 Å². The molecule has 0 N–H and O–H groups in total. The van der Waals surface area contributed by atoms with Crippen molar-refractivity contribution >= 4 is 44.7 Å². The SMILES string of the molecule is CCCOP(=O)(OCCC)C(N(C)C)P(=O)(OCCC)OCCC.[Na]. The molecule has 0 heterocycles. The van der Waals surface area contributed by atoms with Crippen LogP contribution < -0.4 is 0 Å². The first kappa shape index (κ1) is 28.5. The van der Waals surface area contributed by atoms with Gasteiger partial charge in [-0.05, 0) is 39.8 Å². The van der Waals surface area contributed by atoms with Crippen molar-refractivity contribution in [2.24, 2.45) is 0 Å². The summed E-state index contributed by atoms with van der Waals surface area (Å²) in [6.45, 7) is 8.68. The molecule has 0 aromatic rings. The number of rotatable bonds is 15. The third kappa shape index (κ3) is 9.84. The number of hydrogen-bond donors (Lipinski definition) is 0. The second-order valence-electron chi connectivity index (χ2n) is 5.72. The molecular formula is C15H35NNaO6P2. The first-order valence-corrected chi connectivity index (χ1v) is 12.0. The zero-order chi connectivity index (χ0) is 18.6. The van der Waals surface area contributed by atoms with E-state index >= 15 is 0 Å². The van der Waals surface area contributed by atoms with Crippen molar-refractivity contribution < 1.29 is 27.2 Å². The van der Waals surface area contributed by atoms with Crippen LogP contribution in [0, 0.1) is 0 Å². The van der Waals surface area contributed by atoms with Crippen LogP contribution in [0.25, 0.3) is 0 Å². The van der Waals surface area contributed by atoms with Gasteiger partial charge in [0.2, 0.25) is 5.52 Å². The maximum absolute atomic E-state index is 13.4. The predicted octanol–water partition coefficient (Wildman–Crippen LogP) is 4.54. The third-order valence-electron chi connectivity index (χ3n) is 2.93. The molecule has 0 fully saturated rings. The Hall–Kier alpha value is 1.26. The number of hydrogen-bond acceptors (Lipinski definition) is 7. The normalized spacial score (nSPS) is 12.6. The molecule has 0 aliphatic rings. The summed E-state index contributed by atoms with van der Waals surface area (Å²) in [5.74, 6) is 0. The van der Waals surface area contributed by atoms with Crippen molar-refractivity contribution in [2.75, 3.05) is 40.5 Å². The van der Waals surface area contributed by atoms with Crippen LogP contribution in [-0.4, -0.2) is 80.5 Å². The molecule has 7 nitrogen and oxygen atoms in total. The van der Waals surface area contributed by atoms with E-state index in [1.807, 2.05) is 27.7 Å². The Morgan fingerprint density at radius 2 is 0.920 bits per heavy atom. The summed E-state index contributed by atoms with van der Waals surface area (Å²) >= 11 is 0. The average molecular weight is 410 g/mol. The molecular weight excluding hydrogens is 375 g/mol. The molecule has 0 saturated heterocycles. The van der Waals surface area contributed by atoms with Gasteiger partial charge in [-0.3, -0.25) is 14.0 Å². The van der Waals surface area contributed by atoms with Crippen molar-refractivity contribution in [3.63, 3.8) is 0 Å². The second-order valence-corrected chi connectivity index (χ2v) is 10.3. The summed E-state index contributed by atoms with van der Waals surface area (Å²) in [5, 5.41) is 0. The van der Waals surface area contributed by atoms with E-state index < -0.39 is 20.7 Å². The molecule has 10 heteroatoms. The number of nitrogens with zero attached hydrogens (tertiary/aromatic N) is 1. The summed E-state index contributed by atoms with van der Waals surface area (Å²) in [7, 11) is -4.06. The van der Waals surface area contributed by atoms with Crippen LogP contribution in [0.3, 0.4) is 0 Å². The molecule has 0 bridgehead atoms. The molecule has 25 heavy (non-hydrogen) atoms. The third-order valence-corrected chi connectivity index (χ3v) is 8.85. The van der Waals surface area contributed by atoms with Gasteiger partial charge in [0.25, 0.3) is 0 Å². The van der Waals surface area contributed by atoms with Gasteiger partial charge in [0, 0.05) is 29.6 Å². The predicted molar refractivity (Wildman–Crippen MR) is 103 cm³/mol. The van der Waals surface area contributed by atoms with Gasteiger partial charge in [0.15, 0.2) is 0 Å². The monoisotopic (exact) mass is 410 g/mol. The summed E-state index contributed by atoms with van der Waals surface area (Å²) in [6, 6.07) is 0. The maximum atomic E-state index is 13.4. The van der Waals surface area contributed by atoms with Gasteiger partial charge in [-0.2, -0.15) is 0 Å². The molecule has 0 aliphatic heterocycles. The van der Waals surface area contributed by atoms with Gasteiger partial charge in [0.05, 0.1) is 26.4 Å². The molecule has 0 aromatic heterocycles. The second kappa shape index (κ2) is 15.2. The Morgan fingerprint density at radius 3 is 1.08 bits per heavy atom. The van der Waals surface area contributed by atoms with Gasteiger partial charge in [-0.1, -0.05) is 27.7 Å². The summed E-state index contributed by atoms with van der Waals surface area (Å²) in [5.41, 5.74) is -1.08. The first-order chi connectivity index (χ1) is 11.3. The maximum Gasteiger partial charge on any atom is 0.360 e. The van der Waals surface area contributed by atoms with Crippen LogP contribution in [-0.2, 0) is 27.2 Å². The van der Waals surface area contributed by atoms with Crippen molar-refractivity contribution in [3.8, 4) is 0 Å². The fourth-order valence-corrected chi connectivity index (χ4v) is 7.70. The van der Waals surface area contributed by atoms with Crippen molar-refractivity contribution in [1.82, 2.24) is 4.90 Å². The van der Waals surface area contributed by atoms with E-state index in [2.05, 4.69) is 0 Å². The van der Waals surface area contributed by atoms with Gasteiger partial charge in [-0.15, -0.1) is 0 Å². The molecule has 0 spiro atoms. The molecule has 0 unspecified atom stereocenters. The summed E-state index contributed by atoms with van der Waals surface area (Å²) in [4.78, 5) is 1.57. The standard InChI is InChI=1S/C15H35NO6P2.Na/c1-7-11-19-23(17,20-12-8-2)15(16(5)6)24(18,21-13-9-3)22-14-10-4;/h15H,7-14H2,1-6H3;. The Kier molecular flexibility index (Phi) is 17.3. The minimum absolute atomic E-state index is 0. The molecule has 0 atom stereocenters. The van der Waals surface area contributed by atoms with E-state index in [9.17, 15) is 9.13 Å². The minimum Gasteiger partial charge on any atom is -0.307 e. The van der Waals surface area contributed by atoms with E-state index in [0.717, 1.165) is 0 Å². The van der Waals surface area contributed by atoms with Crippen molar-refractivity contribution in [3.05, 3.63) is 0 Å². The van der Waals surface area contributed by atoms with E-state index in [-0.39, 0.29) is 56.0 Å². The first-order valence-electron chi connectivity index (χ1n) is 8.75. The molecule has 0 aromatic carbocycles. The zero-order valence-electron chi connectivity index (χ0n) is 17.0. The van der Waals surface area contributed by atoms with Crippen LogP contribution in [0.15, 0.2) is 0 Å². The smallest absolute Gasteiger partial charge is 0.307 e. The van der Waals surface area contributed by atoms with Crippen LogP contribution in [0.1, 0.15) is 53.4 Å². The van der Waals surface area contributed by atoms with Gasteiger partial charge >= 0.3 is 15.2 Å². The Bertz CT molecular complexity index is 367. The van der Waals surface area contributed by atoms with E-state index in [0.29, 0.717) is 25.7 Å².